The molecule has 2 aromatic rings. The van der Waals surface area contributed by atoms with Crippen LogP contribution in [0.5, 0.6) is 0 Å². The minimum Gasteiger partial charge on any atom is -0.352 e. The molecule has 5 nitrogen and oxygen atoms in total. The number of rotatable bonds is 6. The molecule has 0 fully saturated rings. The van der Waals surface area contributed by atoms with Crippen molar-refractivity contribution in [2.24, 2.45) is 5.73 Å². The summed E-state index contributed by atoms with van der Waals surface area (Å²) >= 11 is 3.33. The number of primary amides is 1. The smallest absolute Gasteiger partial charge is 0.312 e. The van der Waals surface area contributed by atoms with Gasteiger partial charge in [-0.15, -0.1) is 0 Å². The van der Waals surface area contributed by atoms with Gasteiger partial charge in [0.05, 0.1) is 18.5 Å². The van der Waals surface area contributed by atoms with E-state index in [-0.39, 0.29) is 18.1 Å². The van der Waals surface area contributed by atoms with Crippen molar-refractivity contribution in [1.29, 1.82) is 0 Å². The summed E-state index contributed by atoms with van der Waals surface area (Å²) in [7, 11) is 0. The first-order chi connectivity index (χ1) is 11.9. The lowest BCUT2D eigenvalue weighted by atomic mass is 10.0. The van der Waals surface area contributed by atoms with Crippen LogP contribution in [0.4, 0.5) is 9.18 Å². The van der Waals surface area contributed by atoms with Crippen LogP contribution < -0.4 is 16.4 Å². The van der Waals surface area contributed by atoms with Gasteiger partial charge in [0.15, 0.2) is 0 Å². The highest BCUT2D eigenvalue weighted by molar-refractivity contribution is 9.10. The van der Waals surface area contributed by atoms with E-state index in [2.05, 4.69) is 26.6 Å². The van der Waals surface area contributed by atoms with Gasteiger partial charge in [-0.1, -0.05) is 46.3 Å². The van der Waals surface area contributed by atoms with Crippen LogP contribution in [0, 0.1) is 5.82 Å². The van der Waals surface area contributed by atoms with E-state index in [0.29, 0.717) is 5.56 Å². The number of nitrogens with two attached hydrogens (primary N) is 1. The zero-order chi connectivity index (χ0) is 18.4. The summed E-state index contributed by atoms with van der Waals surface area (Å²) in [5.41, 5.74) is 6.36. The third-order valence-corrected chi connectivity index (χ3v) is 4.26. The van der Waals surface area contributed by atoms with Crippen molar-refractivity contribution < 1.29 is 14.0 Å². The van der Waals surface area contributed by atoms with Crippen molar-refractivity contribution in [1.82, 2.24) is 10.6 Å². The van der Waals surface area contributed by atoms with Gasteiger partial charge >= 0.3 is 6.03 Å². The third-order valence-electron chi connectivity index (χ3n) is 3.73. The van der Waals surface area contributed by atoms with E-state index in [0.717, 1.165) is 10.0 Å². The van der Waals surface area contributed by atoms with Gasteiger partial charge in [-0.25, -0.2) is 9.18 Å². The van der Waals surface area contributed by atoms with Gasteiger partial charge in [-0.3, -0.25) is 4.79 Å². The lowest BCUT2D eigenvalue weighted by Crippen LogP contribution is -2.37. The van der Waals surface area contributed by atoms with Gasteiger partial charge in [0.1, 0.15) is 5.82 Å². The quantitative estimate of drug-likeness (QED) is 0.683. The topological polar surface area (TPSA) is 84.2 Å². The number of carbonyl (C=O) groups excluding carboxylic acids is 2. The Morgan fingerprint density at radius 1 is 1.12 bits per heavy atom. The zero-order valence-corrected chi connectivity index (χ0v) is 15.2. The SMILES string of the molecule is C[C@@H](NC(=O)C[C@H](NC(N)=O)c1ccc(Br)cc1)c1ccccc1F. The molecule has 4 N–H and O–H groups in total. The molecule has 0 radical (unpaired) electrons. The van der Waals surface area contributed by atoms with Crippen molar-refractivity contribution in [3.05, 3.63) is 69.9 Å². The number of carbonyl (C=O) groups is 2. The largest absolute Gasteiger partial charge is 0.352 e. The standard InChI is InChI=1S/C18H19BrFN3O2/c1-11(14-4-2-3-5-15(14)20)22-17(24)10-16(23-18(21)25)12-6-8-13(19)9-7-12/h2-9,11,16H,10H2,1H3,(H,22,24)(H3,21,23,25)/t11-,16+/m1/s1. The number of hydrogen-bond donors (Lipinski definition) is 3. The minimum absolute atomic E-state index is 0.0106. The lowest BCUT2D eigenvalue weighted by molar-refractivity contribution is -0.122. The number of benzene rings is 2. The summed E-state index contributed by atoms with van der Waals surface area (Å²) in [6.45, 7) is 1.70. The van der Waals surface area contributed by atoms with Crippen molar-refractivity contribution in [3.63, 3.8) is 0 Å². The Morgan fingerprint density at radius 3 is 2.36 bits per heavy atom. The number of amides is 3. The van der Waals surface area contributed by atoms with Gasteiger partial charge in [-0.05, 0) is 30.7 Å². The molecule has 2 aromatic carbocycles. The van der Waals surface area contributed by atoms with E-state index in [1.54, 1.807) is 37.3 Å². The molecule has 3 amide bonds. The molecule has 0 heterocycles. The van der Waals surface area contributed by atoms with Crippen LogP contribution >= 0.6 is 15.9 Å². The number of nitrogens with one attached hydrogen (secondary N) is 2. The van der Waals surface area contributed by atoms with E-state index in [9.17, 15) is 14.0 Å². The molecule has 0 aliphatic carbocycles. The fraction of sp³-hybridized carbons (Fsp3) is 0.222. The molecule has 0 aliphatic heterocycles. The predicted octanol–water partition coefficient (Wildman–Crippen LogP) is 3.57. The summed E-state index contributed by atoms with van der Waals surface area (Å²) in [5.74, 6) is -0.701. The average molecular weight is 408 g/mol. The molecule has 25 heavy (non-hydrogen) atoms. The Bertz CT molecular complexity index is 752. The fourth-order valence-electron chi connectivity index (χ4n) is 2.51. The first-order valence-electron chi connectivity index (χ1n) is 7.72. The molecule has 0 unspecified atom stereocenters. The van der Waals surface area contributed by atoms with E-state index in [1.165, 1.54) is 6.07 Å². The number of halogens is 2. The number of urea groups is 1. The second kappa shape index (κ2) is 8.62. The molecule has 0 saturated heterocycles. The maximum atomic E-state index is 13.8. The van der Waals surface area contributed by atoms with Crippen LogP contribution in [0.15, 0.2) is 53.0 Å². The van der Waals surface area contributed by atoms with Crippen LogP contribution in [0.2, 0.25) is 0 Å². The van der Waals surface area contributed by atoms with Crippen LogP contribution in [0.3, 0.4) is 0 Å². The molecule has 7 heteroatoms. The second-order valence-electron chi connectivity index (χ2n) is 5.63. The second-order valence-corrected chi connectivity index (χ2v) is 6.54. The van der Waals surface area contributed by atoms with Crippen molar-refractivity contribution in [3.8, 4) is 0 Å². The molecule has 0 spiro atoms. The maximum absolute atomic E-state index is 13.8. The molecule has 2 rings (SSSR count). The molecular formula is C18H19BrFN3O2. The van der Waals surface area contributed by atoms with E-state index < -0.39 is 18.1 Å². The molecular weight excluding hydrogens is 389 g/mol. The van der Waals surface area contributed by atoms with Crippen LogP contribution in [-0.2, 0) is 4.79 Å². The average Bonchev–Trinajstić information content (AvgIpc) is 2.54. The van der Waals surface area contributed by atoms with Gasteiger partial charge < -0.3 is 16.4 Å². The van der Waals surface area contributed by atoms with Gasteiger partial charge in [-0.2, -0.15) is 0 Å². The lowest BCUT2D eigenvalue weighted by Gasteiger charge is -2.20. The Kier molecular flexibility index (Phi) is 6.52. The molecule has 0 aromatic heterocycles. The molecule has 0 aliphatic rings. The third kappa shape index (κ3) is 5.56. The zero-order valence-electron chi connectivity index (χ0n) is 13.6. The fourth-order valence-corrected chi connectivity index (χ4v) is 2.77. The molecule has 0 bridgehead atoms. The van der Waals surface area contributed by atoms with Crippen molar-refractivity contribution in [2.75, 3.05) is 0 Å². The van der Waals surface area contributed by atoms with E-state index in [4.69, 9.17) is 5.73 Å². The first-order valence-corrected chi connectivity index (χ1v) is 8.51. The van der Waals surface area contributed by atoms with E-state index in [1.807, 2.05) is 12.1 Å². The highest BCUT2D eigenvalue weighted by Gasteiger charge is 2.20. The summed E-state index contributed by atoms with van der Waals surface area (Å²) in [4.78, 5) is 23.6. The van der Waals surface area contributed by atoms with Gasteiger partial charge in [0.2, 0.25) is 5.91 Å². The minimum atomic E-state index is -0.720. The van der Waals surface area contributed by atoms with Gasteiger partial charge in [0.25, 0.3) is 0 Å². The summed E-state index contributed by atoms with van der Waals surface area (Å²) in [5, 5.41) is 5.30. The molecule has 132 valence electrons. The Hall–Kier alpha value is -2.41. The predicted molar refractivity (Wildman–Crippen MR) is 97.2 cm³/mol. The molecule has 2 atom stereocenters. The summed E-state index contributed by atoms with van der Waals surface area (Å²) in [6, 6.07) is 11.7. The van der Waals surface area contributed by atoms with Crippen molar-refractivity contribution >= 4 is 27.9 Å². The van der Waals surface area contributed by atoms with Crippen molar-refractivity contribution in [2.45, 2.75) is 25.4 Å². The Balaban J connectivity index is 2.07. The van der Waals surface area contributed by atoms with E-state index >= 15 is 0 Å². The summed E-state index contributed by atoms with van der Waals surface area (Å²) in [6.07, 6.45) is -0.0106. The maximum Gasteiger partial charge on any atom is 0.312 e. The first kappa shape index (κ1) is 18.9. The Labute approximate surface area is 153 Å². The summed E-state index contributed by atoms with van der Waals surface area (Å²) < 4.78 is 14.7. The normalized spacial score (nSPS) is 12.9. The van der Waals surface area contributed by atoms with Crippen LogP contribution in [0.1, 0.15) is 36.6 Å². The molecule has 0 saturated carbocycles. The highest BCUT2D eigenvalue weighted by Crippen LogP contribution is 2.21. The van der Waals surface area contributed by atoms with Crippen LogP contribution in [0.25, 0.3) is 0 Å². The highest BCUT2D eigenvalue weighted by atomic mass is 79.9. The number of hydrogen-bond acceptors (Lipinski definition) is 2. The monoisotopic (exact) mass is 407 g/mol. The van der Waals surface area contributed by atoms with Gasteiger partial charge in [0, 0.05) is 10.0 Å². The van der Waals surface area contributed by atoms with Crippen LogP contribution in [-0.4, -0.2) is 11.9 Å². The Morgan fingerprint density at radius 2 is 1.76 bits per heavy atom.